The van der Waals surface area contributed by atoms with Crippen LogP contribution in [0, 0.1) is 0 Å². The van der Waals surface area contributed by atoms with Gasteiger partial charge in [0.05, 0.1) is 12.3 Å². The fourth-order valence-corrected chi connectivity index (χ4v) is 4.37. The Morgan fingerprint density at radius 1 is 1.22 bits per heavy atom. The summed E-state index contributed by atoms with van der Waals surface area (Å²) < 4.78 is 7.71. The number of piperazine rings is 1. The lowest BCUT2D eigenvalue weighted by molar-refractivity contribution is 0.0428. The Hall–Kier alpha value is -1.83. The molecule has 0 spiro atoms. The van der Waals surface area contributed by atoms with Gasteiger partial charge in [-0.25, -0.2) is 4.98 Å². The molecule has 2 fully saturated rings. The van der Waals surface area contributed by atoms with E-state index in [1.165, 1.54) is 6.42 Å². The fourth-order valence-electron chi connectivity index (χ4n) is 3.83. The minimum absolute atomic E-state index is 0.0587. The van der Waals surface area contributed by atoms with Crippen molar-refractivity contribution in [1.29, 1.82) is 0 Å². The third kappa shape index (κ3) is 4.05. The summed E-state index contributed by atoms with van der Waals surface area (Å²) in [5.41, 5.74) is 1.61. The number of rotatable bonds is 5. The van der Waals surface area contributed by atoms with Gasteiger partial charge in [-0.3, -0.25) is 14.3 Å². The summed E-state index contributed by atoms with van der Waals surface area (Å²) in [4.78, 5) is 22.0. The second-order valence-corrected chi connectivity index (χ2v) is 7.80. The molecule has 27 heavy (non-hydrogen) atoms. The summed E-state index contributed by atoms with van der Waals surface area (Å²) in [5, 5.41) is 0.835. The van der Waals surface area contributed by atoms with Crippen LogP contribution in [0.5, 0.6) is 0 Å². The molecule has 0 bridgehead atoms. The van der Waals surface area contributed by atoms with Crippen molar-refractivity contribution in [3.63, 3.8) is 0 Å². The zero-order chi connectivity index (χ0) is 18.6. The summed E-state index contributed by atoms with van der Waals surface area (Å²) >= 11 is 1.55. The minimum Gasteiger partial charge on any atom is -0.377 e. The molecule has 1 amide bonds. The minimum atomic E-state index is 0.0587. The predicted octanol–water partition coefficient (Wildman–Crippen LogP) is 2.53. The molecule has 0 saturated carbocycles. The molecule has 1 aromatic carbocycles. The van der Waals surface area contributed by atoms with Gasteiger partial charge < -0.3 is 9.64 Å². The molecule has 6 nitrogen and oxygen atoms in total. The van der Waals surface area contributed by atoms with Gasteiger partial charge >= 0.3 is 0 Å². The van der Waals surface area contributed by atoms with Crippen molar-refractivity contribution >= 4 is 17.7 Å². The van der Waals surface area contributed by atoms with Crippen molar-refractivity contribution in [2.24, 2.45) is 0 Å². The number of para-hydroxylation sites is 1. The van der Waals surface area contributed by atoms with E-state index < -0.39 is 0 Å². The van der Waals surface area contributed by atoms with Gasteiger partial charge in [0.2, 0.25) is 0 Å². The lowest BCUT2D eigenvalue weighted by atomic mass is 10.2. The lowest BCUT2D eigenvalue weighted by Gasteiger charge is -2.35. The van der Waals surface area contributed by atoms with Gasteiger partial charge in [0.25, 0.3) is 5.91 Å². The molecule has 7 heteroatoms. The molecule has 1 aromatic heterocycles. The van der Waals surface area contributed by atoms with E-state index in [2.05, 4.69) is 9.88 Å². The van der Waals surface area contributed by atoms with E-state index in [1.54, 1.807) is 18.0 Å². The number of hydrogen-bond donors (Lipinski definition) is 0. The van der Waals surface area contributed by atoms with Crippen LogP contribution in [0.4, 0.5) is 0 Å². The first-order chi connectivity index (χ1) is 13.3. The average Bonchev–Trinajstić information content (AvgIpc) is 3.38. The first-order valence-corrected chi connectivity index (χ1v) is 10.8. The van der Waals surface area contributed by atoms with E-state index in [0.717, 1.165) is 56.6 Å². The van der Waals surface area contributed by atoms with Gasteiger partial charge in [-0.2, -0.15) is 0 Å². The Bertz CT molecular complexity index is 766. The van der Waals surface area contributed by atoms with Crippen LogP contribution in [0.1, 0.15) is 23.3 Å². The van der Waals surface area contributed by atoms with E-state index in [-0.39, 0.29) is 5.91 Å². The number of nitrogens with zero attached hydrogens (tertiary/aromatic N) is 4. The number of hydrogen-bond acceptors (Lipinski definition) is 5. The van der Waals surface area contributed by atoms with Crippen LogP contribution in [0.15, 0.2) is 41.7 Å². The molecule has 144 valence electrons. The molecule has 3 heterocycles. The molecular weight excluding hydrogens is 360 g/mol. The van der Waals surface area contributed by atoms with Crippen molar-refractivity contribution < 1.29 is 9.53 Å². The molecule has 0 N–H and O–H groups in total. The molecule has 1 unspecified atom stereocenters. The maximum atomic E-state index is 13.2. The van der Waals surface area contributed by atoms with Crippen LogP contribution in [-0.4, -0.2) is 76.9 Å². The molecule has 2 aromatic rings. The third-order valence-corrected chi connectivity index (χ3v) is 5.94. The third-order valence-electron chi connectivity index (χ3n) is 5.29. The van der Waals surface area contributed by atoms with Crippen molar-refractivity contribution in [1.82, 2.24) is 19.4 Å². The van der Waals surface area contributed by atoms with Crippen molar-refractivity contribution in [2.75, 3.05) is 45.6 Å². The number of carbonyl (C=O) groups excluding carboxylic acids is 1. The van der Waals surface area contributed by atoms with Gasteiger partial charge in [-0.15, -0.1) is 0 Å². The average molecular weight is 387 g/mol. The van der Waals surface area contributed by atoms with Crippen LogP contribution >= 0.6 is 11.8 Å². The molecule has 2 aliphatic heterocycles. The highest BCUT2D eigenvalue weighted by Crippen LogP contribution is 2.23. The predicted molar refractivity (Wildman–Crippen MR) is 107 cm³/mol. The first-order valence-electron chi connectivity index (χ1n) is 9.56. The molecular formula is C20H26N4O2S. The Balaban J connectivity index is 1.45. The summed E-state index contributed by atoms with van der Waals surface area (Å²) in [6, 6.07) is 9.97. The number of ether oxygens (including phenoxy) is 1. The summed E-state index contributed by atoms with van der Waals surface area (Å²) in [6.07, 6.45) is 6.40. The topological polar surface area (TPSA) is 50.6 Å². The van der Waals surface area contributed by atoms with Crippen LogP contribution in [0.3, 0.4) is 0 Å². The second kappa shape index (κ2) is 8.46. The van der Waals surface area contributed by atoms with Gasteiger partial charge in [0.1, 0.15) is 5.69 Å². The zero-order valence-electron chi connectivity index (χ0n) is 15.7. The van der Waals surface area contributed by atoms with E-state index in [4.69, 9.17) is 4.74 Å². The number of aromatic nitrogens is 2. The molecule has 4 rings (SSSR count). The van der Waals surface area contributed by atoms with Gasteiger partial charge in [-0.1, -0.05) is 30.0 Å². The number of amides is 1. The molecule has 1 atom stereocenters. The fraction of sp³-hybridized carbons (Fsp3) is 0.500. The highest BCUT2D eigenvalue weighted by Gasteiger charge is 2.28. The van der Waals surface area contributed by atoms with E-state index in [1.807, 2.05) is 46.1 Å². The summed E-state index contributed by atoms with van der Waals surface area (Å²) in [5.74, 6) is 0.0587. The molecule has 2 aliphatic rings. The summed E-state index contributed by atoms with van der Waals surface area (Å²) in [7, 11) is 0. The SMILES string of the molecule is CSc1ncc(C(=O)N2CCN(CC3CCCO3)CC2)n1-c1ccccc1. The lowest BCUT2D eigenvalue weighted by Crippen LogP contribution is -2.50. The Morgan fingerprint density at radius 3 is 2.67 bits per heavy atom. The second-order valence-electron chi connectivity index (χ2n) is 7.03. The van der Waals surface area contributed by atoms with E-state index in [0.29, 0.717) is 11.8 Å². The Kier molecular flexibility index (Phi) is 5.80. The number of benzene rings is 1. The Labute approximate surface area is 164 Å². The van der Waals surface area contributed by atoms with Crippen LogP contribution in [0.2, 0.25) is 0 Å². The number of imidazole rings is 1. The Morgan fingerprint density at radius 2 is 2.00 bits per heavy atom. The molecule has 0 aliphatic carbocycles. The molecule has 2 saturated heterocycles. The van der Waals surface area contributed by atoms with Crippen molar-refractivity contribution in [3.8, 4) is 5.69 Å². The first kappa shape index (κ1) is 18.5. The normalized spacial score (nSPS) is 20.9. The maximum absolute atomic E-state index is 13.2. The quantitative estimate of drug-likeness (QED) is 0.739. The summed E-state index contributed by atoms with van der Waals surface area (Å²) in [6.45, 7) is 5.19. The molecule has 0 radical (unpaired) electrons. The maximum Gasteiger partial charge on any atom is 0.272 e. The van der Waals surface area contributed by atoms with Crippen LogP contribution < -0.4 is 0 Å². The van der Waals surface area contributed by atoms with Crippen LogP contribution in [-0.2, 0) is 4.74 Å². The van der Waals surface area contributed by atoms with Crippen molar-refractivity contribution in [3.05, 3.63) is 42.2 Å². The van der Waals surface area contributed by atoms with E-state index in [9.17, 15) is 4.79 Å². The van der Waals surface area contributed by atoms with Crippen LogP contribution in [0.25, 0.3) is 5.69 Å². The van der Waals surface area contributed by atoms with Gasteiger partial charge in [0, 0.05) is 45.0 Å². The number of thioether (sulfide) groups is 1. The highest BCUT2D eigenvalue weighted by atomic mass is 32.2. The zero-order valence-corrected chi connectivity index (χ0v) is 16.5. The smallest absolute Gasteiger partial charge is 0.272 e. The largest absolute Gasteiger partial charge is 0.377 e. The highest BCUT2D eigenvalue weighted by molar-refractivity contribution is 7.98. The van der Waals surface area contributed by atoms with Gasteiger partial charge in [-0.05, 0) is 31.2 Å². The van der Waals surface area contributed by atoms with E-state index >= 15 is 0 Å². The van der Waals surface area contributed by atoms with Gasteiger partial charge in [0.15, 0.2) is 5.16 Å². The van der Waals surface area contributed by atoms with Crippen molar-refractivity contribution in [2.45, 2.75) is 24.1 Å². The number of carbonyl (C=O) groups is 1. The standard InChI is InChI=1S/C20H26N4O2S/c1-27-20-21-14-18(24(20)16-6-3-2-4-7-16)19(25)23-11-9-22(10-12-23)15-17-8-5-13-26-17/h2-4,6-7,14,17H,5,8-13,15H2,1H3. The monoisotopic (exact) mass is 386 g/mol.